The van der Waals surface area contributed by atoms with Crippen molar-refractivity contribution >= 4 is 11.5 Å². The summed E-state index contributed by atoms with van der Waals surface area (Å²) in [6.45, 7) is 7.20. The van der Waals surface area contributed by atoms with E-state index >= 15 is 0 Å². The van der Waals surface area contributed by atoms with Gasteiger partial charge >= 0.3 is 0 Å². The smallest absolute Gasteiger partial charge is 0.165 e. The zero-order valence-electron chi connectivity index (χ0n) is 15.0. The molecule has 0 aliphatic rings. The van der Waals surface area contributed by atoms with Crippen LogP contribution < -0.4 is 5.32 Å². The van der Waals surface area contributed by atoms with E-state index in [0.717, 1.165) is 40.4 Å². The first-order valence-electron chi connectivity index (χ1n) is 8.29. The number of hydrogen-bond acceptors (Lipinski definition) is 4. The predicted octanol–water partition coefficient (Wildman–Crippen LogP) is 3.38. The van der Waals surface area contributed by atoms with Crippen LogP contribution in [0.15, 0.2) is 36.5 Å². The van der Waals surface area contributed by atoms with Gasteiger partial charge in [-0.3, -0.25) is 0 Å². The summed E-state index contributed by atoms with van der Waals surface area (Å²) in [6.07, 6.45) is 1.90. The van der Waals surface area contributed by atoms with Crippen molar-refractivity contribution in [2.75, 3.05) is 26.0 Å². The highest BCUT2D eigenvalue weighted by atomic mass is 15.3. The molecule has 2 aromatic heterocycles. The van der Waals surface area contributed by atoms with Crippen LogP contribution in [-0.4, -0.2) is 46.2 Å². The summed E-state index contributed by atoms with van der Waals surface area (Å²) in [7, 11) is 4.18. The van der Waals surface area contributed by atoms with Gasteiger partial charge in [-0.15, -0.1) is 0 Å². The number of likely N-dealkylation sites (N-methyl/N-ethyl adjacent to an activating group) is 1. The molecule has 3 rings (SSSR count). The Morgan fingerprint density at radius 1 is 1.17 bits per heavy atom. The maximum absolute atomic E-state index is 4.78. The first kappa shape index (κ1) is 16.5. The molecule has 0 saturated heterocycles. The summed E-state index contributed by atoms with van der Waals surface area (Å²) >= 11 is 0. The molecule has 24 heavy (non-hydrogen) atoms. The average molecular weight is 323 g/mol. The molecular formula is C19H25N5. The Labute approximate surface area is 143 Å². The summed E-state index contributed by atoms with van der Waals surface area (Å²) in [5.74, 6) is 1.02. The maximum Gasteiger partial charge on any atom is 0.165 e. The normalized spacial score (nSPS) is 12.8. The molecule has 1 aromatic carbocycles. The number of anilines is 1. The minimum Gasteiger partial charge on any atom is -0.368 e. The van der Waals surface area contributed by atoms with Gasteiger partial charge in [0.2, 0.25) is 0 Å². The lowest BCUT2D eigenvalue weighted by Gasteiger charge is -2.22. The monoisotopic (exact) mass is 323 g/mol. The van der Waals surface area contributed by atoms with Crippen LogP contribution in [-0.2, 0) is 0 Å². The molecule has 5 nitrogen and oxygen atoms in total. The molecule has 0 amide bonds. The molecule has 1 unspecified atom stereocenters. The van der Waals surface area contributed by atoms with Gasteiger partial charge in [-0.1, -0.05) is 30.3 Å². The molecule has 1 N–H and O–H groups in total. The third-order valence-corrected chi connectivity index (χ3v) is 4.66. The molecule has 126 valence electrons. The van der Waals surface area contributed by atoms with Crippen LogP contribution in [0, 0.1) is 13.8 Å². The molecule has 0 aliphatic heterocycles. The van der Waals surface area contributed by atoms with E-state index in [1.807, 2.05) is 28.9 Å². The van der Waals surface area contributed by atoms with E-state index in [0.29, 0.717) is 6.04 Å². The van der Waals surface area contributed by atoms with Gasteiger partial charge in [0.05, 0.1) is 6.20 Å². The number of nitrogens with zero attached hydrogens (tertiary/aromatic N) is 4. The first-order valence-corrected chi connectivity index (χ1v) is 8.29. The highest BCUT2D eigenvalue weighted by Gasteiger charge is 2.15. The van der Waals surface area contributed by atoms with Crippen molar-refractivity contribution in [3.05, 3.63) is 47.8 Å². The van der Waals surface area contributed by atoms with E-state index in [-0.39, 0.29) is 0 Å². The molecule has 0 bridgehead atoms. The van der Waals surface area contributed by atoms with E-state index in [2.05, 4.69) is 62.3 Å². The quantitative estimate of drug-likeness (QED) is 0.782. The van der Waals surface area contributed by atoms with Gasteiger partial charge in [0.25, 0.3) is 0 Å². The number of rotatable bonds is 5. The fraction of sp³-hybridized carbons (Fsp3) is 0.368. The Bertz CT molecular complexity index is 836. The summed E-state index contributed by atoms with van der Waals surface area (Å²) in [6, 6.07) is 10.7. The van der Waals surface area contributed by atoms with Gasteiger partial charge < -0.3 is 10.2 Å². The van der Waals surface area contributed by atoms with Crippen molar-refractivity contribution in [1.82, 2.24) is 19.5 Å². The lowest BCUT2D eigenvalue weighted by Crippen LogP contribution is -2.32. The van der Waals surface area contributed by atoms with Crippen molar-refractivity contribution in [3.8, 4) is 11.1 Å². The maximum atomic E-state index is 4.78. The molecule has 1 atom stereocenters. The van der Waals surface area contributed by atoms with E-state index in [1.165, 1.54) is 0 Å². The molecule has 3 aromatic rings. The summed E-state index contributed by atoms with van der Waals surface area (Å²) in [5, 5.41) is 8.16. The third kappa shape index (κ3) is 2.99. The minimum atomic E-state index is 0.428. The Morgan fingerprint density at radius 2 is 1.88 bits per heavy atom. The Kier molecular flexibility index (Phi) is 4.53. The molecule has 2 heterocycles. The largest absolute Gasteiger partial charge is 0.368 e. The molecule has 0 fully saturated rings. The number of benzene rings is 1. The van der Waals surface area contributed by atoms with Crippen LogP contribution in [0.2, 0.25) is 0 Å². The predicted molar refractivity (Wildman–Crippen MR) is 99.5 cm³/mol. The van der Waals surface area contributed by atoms with Gasteiger partial charge in [0, 0.05) is 29.4 Å². The van der Waals surface area contributed by atoms with Crippen LogP contribution in [0.4, 0.5) is 5.82 Å². The Morgan fingerprint density at radius 3 is 2.54 bits per heavy atom. The molecular weight excluding hydrogens is 298 g/mol. The van der Waals surface area contributed by atoms with Crippen molar-refractivity contribution in [2.24, 2.45) is 0 Å². The Hall–Kier alpha value is -2.40. The summed E-state index contributed by atoms with van der Waals surface area (Å²) in [5.41, 5.74) is 5.25. The van der Waals surface area contributed by atoms with E-state index < -0.39 is 0 Å². The summed E-state index contributed by atoms with van der Waals surface area (Å²) in [4.78, 5) is 6.98. The van der Waals surface area contributed by atoms with Gasteiger partial charge in [-0.25, -0.2) is 4.98 Å². The first-order chi connectivity index (χ1) is 11.5. The molecule has 0 spiro atoms. The van der Waals surface area contributed by atoms with Crippen molar-refractivity contribution in [2.45, 2.75) is 26.8 Å². The third-order valence-electron chi connectivity index (χ3n) is 4.66. The van der Waals surface area contributed by atoms with E-state index in [9.17, 15) is 0 Å². The number of aryl methyl sites for hydroxylation is 1. The highest BCUT2D eigenvalue weighted by molar-refractivity contribution is 5.78. The fourth-order valence-corrected chi connectivity index (χ4v) is 2.64. The molecule has 5 heteroatoms. The molecule has 0 radical (unpaired) electrons. The second-order valence-corrected chi connectivity index (χ2v) is 6.52. The van der Waals surface area contributed by atoms with E-state index in [1.54, 1.807) is 0 Å². The zero-order chi connectivity index (χ0) is 17.3. The van der Waals surface area contributed by atoms with Gasteiger partial charge in [0.15, 0.2) is 5.65 Å². The lowest BCUT2D eigenvalue weighted by atomic mass is 10.1. The van der Waals surface area contributed by atoms with Crippen molar-refractivity contribution < 1.29 is 0 Å². The fourth-order valence-electron chi connectivity index (χ4n) is 2.64. The lowest BCUT2D eigenvalue weighted by molar-refractivity contribution is 0.326. The van der Waals surface area contributed by atoms with Crippen LogP contribution in [0.3, 0.4) is 0 Å². The number of nitrogens with one attached hydrogen (secondary N) is 1. The second-order valence-electron chi connectivity index (χ2n) is 6.52. The minimum absolute atomic E-state index is 0.428. The van der Waals surface area contributed by atoms with Crippen molar-refractivity contribution in [3.63, 3.8) is 0 Å². The number of hydrogen-bond donors (Lipinski definition) is 1. The molecule has 0 aliphatic carbocycles. The summed E-state index contributed by atoms with van der Waals surface area (Å²) < 4.78 is 1.92. The highest BCUT2D eigenvalue weighted by Crippen LogP contribution is 2.27. The van der Waals surface area contributed by atoms with Crippen LogP contribution >= 0.6 is 0 Å². The average Bonchev–Trinajstić information content (AvgIpc) is 2.99. The van der Waals surface area contributed by atoms with Crippen LogP contribution in [0.1, 0.15) is 18.2 Å². The van der Waals surface area contributed by atoms with E-state index in [4.69, 9.17) is 4.98 Å². The number of fused-ring (bicyclic) bond motifs is 1. The van der Waals surface area contributed by atoms with Gasteiger partial charge in [-0.2, -0.15) is 9.61 Å². The Balaban J connectivity index is 2.06. The van der Waals surface area contributed by atoms with Crippen LogP contribution in [0.5, 0.6) is 0 Å². The zero-order valence-corrected chi connectivity index (χ0v) is 15.0. The van der Waals surface area contributed by atoms with Gasteiger partial charge in [0.1, 0.15) is 5.82 Å². The van der Waals surface area contributed by atoms with Gasteiger partial charge in [-0.05, 0) is 40.4 Å². The number of aromatic nitrogens is 3. The molecule has 0 saturated carbocycles. The topological polar surface area (TPSA) is 45.5 Å². The standard InChI is InChI=1S/C19H25N5/c1-13(23(4)5)11-20-18-14(2)15(3)22-19-17(12-21-24(18)19)16-9-7-6-8-10-16/h6-10,12-13,20H,11H2,1-5H3. The SMILES string of the molecule is Cc1nc2c(-c3ccccc3)cnn2c(NCC(C)N(C)C)c1C. The van der Waals surface area contributed by atoms with Crippen molar-refractivity contribution in [1.29, 1.82) is 0 Å². The van der Waals surface area contributed by atoms with Crippen LogP contribution in [0.25, 0.3) is 16.8 Å². The second kappa shape index (κ2) is 6.61.